The van der Waals surface area contributed by atoms with Crippen LogP contribution in [0.4, 0.5) is 4.39 Å². The van der Waals surface area contributed by atoms with Crippen LogP contribution in [0.3, 0.4) is 0 Å². The number of fused-ring (bicyclic) bond motifs is 1. The second kappa shape index (κ2) is 22.7. The molecule has 0 spiro atoms. The molecule has 0 amide bonds. The lowest BCUT2D eigenvalue weighted by atomic mass is 9.77. The van der Waals surface area contributed by atoms with Crippen molar-refractivity contribution in [1.29, 1.82) is 0 Å². The largest absolute Gasteiger partial charge is 0.207 e. The zero-order chi connectivity index (χ0) is 31.3. The first-order valence-electron chi connectivity index (χ1n) is 17.0. The first-order chi connectivity index (χ1) is 20.3. The van der Waals surface area contributed by atoms with Gasteiger partial charge < -0.3 is 0 Å². The molecule has 0 aliphatic heterocycles. The Bertz CT molecular complexity index is 1010. The van der Waals surface area contributed by atoms with E-state index in [4.69, 9.17) is 0 Å². The Hall–Kier alpha value is -1.80. The van der Waals surface area contributed by atoms with Gasteiger partial charge in [0, 0.05) is 4.90 Å². The number of hydrogen-bond acceptors (Lipinski definition) is 1. The average Bonchev–Trinajstić information content (AvgIpc) is 3.03. The summed E-state index contributed by atoms with van der Waals surface area (Å²) in [6.45, 7) is 21.5. The van der Waals surface area contributed by atoms with Gasteiger partial charge in [-0.15, -0.1) is 11.8 Å². The molecule has 0 saturated heterocycles. The van der Waals surface area contributed by atoms with Crippen molar-refractivity contribution in [2.45, 2.75) is 136 Å². The van der Waals surface area contributed by atoms with E-state index in [1.54, 1.807) is 23.4 Å². The van der Waals surface area contributed by atoms with Gasteiger partial charge in [-0.2, -0.15) is 0 Å². The predicted octanol–water partition coefficient (Wildman–Crippen LogP) is 13.5. The Morgan fingerprint density at radius 1 is 0.833 bits per heavy atom. The molecule has 236 valence electrons. The van der Waals surface area contributed by atoms with Crippen LogP contribution in [0.5, 0.6) is 0 Å². The fourth-order valence-corrected chi connectivity index (χ4v) is 6.62. The van der Waals surface area contributed by atoms with Crippen molar-refractivity contribution in [2.75, 3.05) is 6.26 Å². The number of aryl methyl sites for hydroxylation is 1. The molecule has 1 saturated carbocycles. The van der Waals surface area contributed by atoms with Gasteiger partial charge in [-0.1, -0.05) is 141 Å². The van der Waals surface area contributed by atoms with Crippen LogP contribution in [0.25, 0.3) is 5.57 Å². The van der Waals surface area contributed by atoms with Crippen LogP contribution in [-0.2, 0) is 12.8 Å². The molecule has 42 heavy (non-hydrogen) atoms. The number of thioether (sulfide) groups is 1. The van der Waals surface area contributed by atoms with Crippen molar-refractivity contribution in [1.82, 2.24) is 0 Å². The summed E-state index contributed by atoms with van der Waals surface area (Å²) >= 11 is 1.57. The molecule has 2 aromatic rings. The monoisotopic (exact) mass is 594 g/mol. The van der Waals surface area contributed by atoms with E-state index < -0.39 is 0 Å². The van der Waals surface area contributed by atoms with Gasteiger partial charge in [0.1, 0.15) is 5.82 Å². The molecule has 4 rings (SSSR count). The van der Waals surface area contributed by atoms with Gasteiger partial charge >= 0.3 is 0 Å². The maximum absolute atomic E-state index is 13.0. The molecule has 0 N–H and O–H groups in total. The van der Waals surface area contributed by atoms with E-state index >= 15 is 0 Å². The number of rotatable bonds is 9. The molecule has 0 bridgehead atoms. The number of allylic oxidation sites excluding steroid dienone is 2. The molecule has 3 unspecified atom stereocenters. The smallest absolute Gasteiger partial charge is 0.124 e. The van der Waals surface area contributed by atoms with E-state index in [2.05, 4.69) is 79.0 Å². The summed E-state index contributed by atoms with van der Waals surface area (Å²) in [5.74, 6) is 2.68. The topological polar surface area (TPSA) is 0 Å². The van der Waals surface area contributed by atoms with Crippen molar-refractivity contribution in [3.63, 3.8) is 0 Å². The van der Waals surface area contributed by atoms with E-state index in [9.17, 15) is 4.39 Å². The van der Waals surface area contributed by atoms with Crippen molar-refractivity contribution < 1.29 is 4.39 Å². The molecule has 2 aliphatic rings. The summed E-state index contributed by atoms with van der Waals surface area (Å²) in [7, 11) is 0. The van der Waals surface area contributed by atoms with E-state index in [-0.39, 0.29) is 5.82 Å². The fraction of sp³-hybridized carbons (Fsp3) is 0.600. The normalized spacial score (nSPS) is 19.0. The molecule has 1 fully saturated rings. The molecule has 3 atom stereocenters. The van der Waals surface area contributed by atoms with E-state index in [1.165, 1.54) is 87.8 Å². The first-order valence-corrected chi connectivity index (χ1v) is 18.2. The highest BCUT2D eigenvalue weighted by Gasteiger charge is 2.21. The van der Waals surface area contributed by atoms with Crippen molar-refractivity contribution in [3.05, 3.63) is 83.7 Å². The van der Waals surface area contributed by atoms with Gasteiger partial charge in [-0.05, 0) is 97.4 Å². The van der Waals surface area contributed by atoms with Crippen LogP contribution in [-0.4, -0.2) is 6.26 Å². The maximum atomic E-state index is 13.0. The van der Waals surface area contributed by atoms with Crippen molar-refractivity contribution >= 4 is 17.3 Å². The standard InChI is InChI=1S/C13H17FS.C13H16.C10H20.C4H10/c1-4-5-6-10(2)12-8-7-11(14)9-13(12)15-3;1-10(2)12-8-7-11-5-3-4-6-13(11)9-12;1-3-9-7-5-6-8-10(9)4-2;1-3-4-2/h7-9H,2,4-6H2,1,3H3;3-6,12H,1,7-9H2,2H3;9-10H,3-8H2,1-2H3;3-4H2,1-2H3. The minimum atomic E-state index is -0.175. The van der Waals surface area contributed by atoms with Gasteiger partial charge in [0.15, 0.2) is 0 Å². The molecule has 2 heteroatoms. The highest BCUT2D eigenvalue weighted by Crippen LogP contribution is 2.34. The SMILES string of the molecule is C=C(C)C1CCc2ccccc2C1.C=C(CCCC)c1ccc(F)cc1SC.CCC1CCCCC1CC.CCCC. The summed E-state index contributed by atoms with van der Waals surface area (Å²) in [4.78, 5) is 0.983. The van der Waals surface area contributed by atoms with Gasteiger partial charge in [-0.3, -0.25) is 0 Å². The Kier molecular flexibility index (Phi) is 20.7. The molecule has 0 nitrogen and oxygen atoms in total. The first kappa shape index (κ1) is 38.2. The molecular weight excluding hydrogens is 532 g/mol. The van der Waals surface area contributed by atoms with Crippen LogP contribution in [0, 0.1) is 23.6 Å². The van der Waals surface area contributed by atoms with Crippen LogP contribution in [0.1, 0.15) is 135 Å². The molecule has 0 radical (unpaired) electrons. The van der Waals surface area contributed by atoms with Crippen LogP contribution in [0.2, 0.25) is 0 Å². The number of benzene rings is 2. The van der Waals surface area contributed by atoms with E-state index in [0.717, 1.165) is 53.0 Å². The Balaban J connectivity index is 0.000000300. The lowest BCUT2D eigenvalue weighted by molar-refractivity contribution is 0.224. The Labute approximate surface area is 265 Å². The number of unbranched alkanes of at least 4 members (excludes halogenated alkanes) is 2. The lowest BCUT2D eigenvalue weighted by Gasteiger charge is -2.29. The summed E-state index contributed by atoms with van der Waals surface area (Å²) in [5, 5.41) is 0. The maximum Gasteiger partial charge on any atom is 0.124 e. The highest BCUT2D eigenvalue weighted by atomic mass is 32.2. The number of hydrogen-bond donors (Lipinski definition) is 0. The average molecular weight is 595 g/mol. The fourth-order valence-electron chi connectivity index (χ4n) is 5.96. The zero-order valence-electron chi connectivity index (χ0n) is 28.4. The third-order valence-electron chi connectivity index (χ3n) is 9.04. The second-order valence-corrected chi connectivity index (χ2v) is 13.1. The second-order valence-electron chi connectivity index (χ2n) is 12.2. The van der Waals surface area contributed by atoms with Gasteiger partial charge in [0.2, 0.25) is 0 Å². The third-order valence-corrected chi connectivity index (χ3v) is 9.81. The predicted molar refractivity (Wildman–Crippen MR) is 190 cm³/mol. The zero-order valence-corrected chi connectivity index (χ0v) is 29.2. The van der Waals surface area contributed by atoms with Gasteiger partial charge in [0.25, 0.3) is 0 Å². The molecule has 2 aliphatic carbocycles. The van der Waals surface area contributed by atoms with Crippen LogP contribution < -0.4 is 0 Å². The quantitative estimate of drug-likeness (QED) is 0.205. The van der Waals surface area contributed by atoms with E-state index in [1.807, 2.05) is 12.3 Å². The minimum Gasteiger partial charge on any atom is -0.207 e. The highest BCUT2D eigenvalue weighted by molar-refractivity contribution is 7.98. The van der Waals surface area contributed by atoms with Crippen molar-refractivity contribution in [2.24, 2.45) is 17.8 Å². The lowest BCUT2D eigenvalue weighted by Crippen LogP contribution is -2.17. The van der Waals surface area contributed by atoms with Crippen LogP contribution in [0.15, 0.2) is 66.1 Å². The summed E-state index contributed by atoms with van der Waals surface area (Å²) in [6, 6.07) is 13.7. The van der Waals surface area contributed by atoms with E-state index in [0.29, 0.717) is 0 Å². The van der Waals surface area contributed by atoms with Crippen LogP contribution >= 0.6 is 11.8 Å². The molecule has 0 aromatic heterocycles. The van der Waals surface area contributed by atoms with Gasteiger partial charge in [-0.25, -0.2) is 4.39 Å². The summed E-state index contributed by atoms with van der Waals surface area (Å²) in [6.07, 6.45) is 20.5. The summed E-state index contributed by atoms with van der Waals surface area (Å²) in [5.41, 5.74) is 6.62. The molecule has 2 aromatic carbocycles. The van der Waals surface area contributed by atoms with Crippen molar-refractivity contribution in [3.8, 4) is 0 Å². The minimum absolute atomic E-state index is 0.175. The number of halogens is 1. The molecule has 0 heterocycles. The third kappa shape index (κ3) is 14.1. The Morgan fingerprint density at radius 3 is 1.93 bits per heavy atom. The summed E-state index contributed by atoms with van der Waals surface area (Å²) < 4.78 is 13.0. The Morgan fingerprint density at radius 2 is 1.43 bits per heavy atom. The molecular formula is C40H63FS. The van der Waals surface area contributed by atoms with Gasteiger partial charge in [0.05, 0.1) is 0 Å².